The van der Waals surface area contributed by atoms with Gasteiger partial charge in [-0.3, -0.25) is 4.98 Å². The SMILES string of the molecule is Cc1cnc2ccc(Oc3ccc(NC(=O)Nc4ccc(F)c(F)c4)cc3)cc2n1. The van der Waals surface area contributed by atoms with Crippen molar-refractivity contribution in [3.63, 3.8) is 0 Å². The first kappa shape index (κ1) is 19.3. The molecule has 2 amide bonds. The third-order valence-electron chi connectivity index (χ3n) is 4.16. The second-order valence-corrected chi connectivity index (χ2v) is 6.50. The lowest BCUT2D eigenvalue weighted by Gasteiger charge is -2.10. The average Bonchev–Trinajstić information content (AvgIpc) is 2.72. The molecule has 0 aliphatic heterocycles. The van der Waals surface area contributed by atoms with Crippen LogP contribution in [0.1, 0.15) is 5.69 Å². The molecule has 0 fully saturated rings. The van der Waals surface area contributed by atoms with E-state index >= 15 is 0 Å². The summed E-state index contributed by atoms with van der Waals surface area (Å²) in [5.41, 5.74) is 2.97. The van der Waals surface area contributed by atoms with Crippen molar-refractivity contribution in [1.82, 2.24) is 9.97 Å². The van der Waals surface area contributed by atoms with Crippen LogP contribution >= 0.6 is 0 Å². The highest BCUT2D eigenvalue weighted by molar-refractivity contribution is 5.99. The quantitative estimate of drug-likeness (QED) is 0.459. The molecule has 0 aliphatic rings. The highest BCUT2D eigenvalue weighted by atomic mass is 19.2. The lowest BCUT2D eigenvalue weighted by molar-refractivity contribution is 0.262. The number of hydrogen-bond acceptors (Lipinski definition) is 4. The van der Waals surface area contributed by atoms with Gasteiger partial charge in [-0.2, -0.15) is 0 Å². The number of ether oxygens (including phenoxy) is 1. The Bertz CT molecular complexity index is 1230. The van der Waals surface area contributed by atoms with Crippen molar-refractivity contribution in [3.05, 3.63) is 84.2 Å². The maximum absolute atomic E-state index is 13.2. The highest BCUT2D eigenvalue weighted by Crippen LogP contribution is 2.25. The molecule has 0 saturated carbocycles. The smallest absolute Gasteiger partial charge is 0.323 e. The van der Waals surface area contributed by atoms with Crippen molar-refractivity contribution in [3.8, 4) is 11.5 Å². The number of amides is 2. The van der Waals surface area contributed by atoms with Crippen LogP contribution in [0.3, 0.4) is 0 Å². The van der Waals surface area contributed by atoms with Gasteiger partial charge in [0.05, 0.1) is 16.7 Å². The molecular formula is C22H16F2N4O2. The van der Waals surface area contributed by atoms with E-state index in [9.17, 15) is 13.6 Å². The summed E-state index contributed by atoms with van der Waals surface area (Å²) in [5.74, 6) is -0.838. The van der Waals surface area contributed by atoms with E-state index in [1.54, 1.807) is 42.6 Å². The molecule has 30 heavy (non-hydrogen) atoms. The summed E-state index contributed by atoms with van der Waals surface area (Å²) in [6, 6.07) is 14.7. The molecule has 0 unspecified atom stereocenters. The third kappa shape index (κ3) is 4.49. The fraction of sp³-hybridized carbons (Fsp3) is 0.0455. The zero-order chi connectivity index (χ0) is 21.1. The number of nitrogens with one attached hydrogen (secondary N) is 2. The normalized spacial score (nSPS) is 10.6. The van der Waals surface area contributed by atoms with Gasteiger partial charge < -0.3 is 15.4 Å². The Morgan fingerprint density at radius 2 is 1.53 bits per heavy atom. The van der Waals surface area contributed by atoms with Crippen LogP contribution in [0.25, 0.3) is 11.0 Å². The molecule has 4 rings (SSSR count). The number of nitrogens with zero attached hydrogens (tertiary/aromatic N) is 2. The minimum Gasteiger partial charge on any atom is -0.457 e. The maximum atomic E-state index is 13.2. The summed E-state index contributed by atoms with van der Waals surface area (Å²) in [7, 11) is 0. The number of benzene rings is 3. The molecule has 4 aromatic rings. The Kier molecular flexibility index (Phi) is 5.21. The summed E-state index contributed by atoms with van der Waals surface area (Å²) in [6.07, 6.45) is 1.71. The zero-order valence-corrected chi connectivity index (χ0v) is 15.8. The van der Waals surface area contributed by atoms with Crippen molar-refractivity contribution in [2.75, 3.05) is 10.6 Å². The van der Waals surface area contributed by atoms with Crippen LogP contribution in [-0.4, -0.2) is 16.0 Å². The van der Waals surface area contributed by atoms with E-state index in [2.05, 4.69) is 20.6 Å². The second-order valence-electron chi connectivity index (χ2n) is 6.50. The summed E-state index contributed by atoms with van der Waals surface area (Å²) >= 11 is 0. The van der Waals surface area contributed by atoms with Gasteiger partial charge in [0.2, 0.25) is 0 Å². The predicted octanol–water partition coefficient (Wildman–Crippen LogP) is 5.65. The van der Waals surface area contributed by atoms with Crippen LogP contribution in [0.5, 0.6) is 11.5 Å². The van der Waals surface area contributed by atoms with Gasteiger partial charge in [0, 0.05) is 29.7 Å². The van der Waals surface area contributed by atoms with Crippen molar-refractivity contribution in [2.45, 2.75) is 6.92 Å². The Morgan fingerprint density at radius 1 is 0.833 bits per heavy atom. The van der Waals surface area contributed by atoms with E-state index in [0.717, 1.165) is 28.9 Å². The summed E-state index contributed by atoms with van der Waals surface area (Å²) in [5, 5.41) is 5.04. The third-order valence-corrected chi connectivity index (χ3v) is 4.16. The van der Waals surface area contributed by atoms with Crippen LogP contribution in [0.4, 0.5) is 25.0 Å². The van der Waals surface area contributed by atoms with Crippen LogP contribution in [0, 0.1) is 18.6 Å². The molecule has 1 aromatic heterocycles. The molecule has 0 aliphatic carbocycles. The van der Waals surface area contributed by atoms with Crippen LogP contribution < -0.4 is 15.4 Å². The maximum Gasteiger partial charge on any atom is 0.323 e. The molecule has 1 heterocycles. The standard InChI is InChI=1S/C22H16F2N4O2/c1-13-12-25-20-9-7-17(11-21(20)26-13)30-16-5-2-14(3-6-16)27-22(29)28-15-4-8-18(23)19(24)10-15/h2-12H,1H3,(H2,27,28,29). The molecule has 0 spiro atoms. The molecule has 8 heteroatoms. The molecule has 0 atom stereocenters. The summed E-state index contributed by atoms with van der Waals surface area (Å²) in [6.45, 7) is 1.87. The summed E-state index contributed by atoms with van der Waals surface area (Å²) in [4.78, 5) is 20.8. The number of carbonyl (C=O) groups excluding carboxylic acids is 1. The molecule has 3 aromatic carbocycles. The number of anilines is 2. The average molecular weight is 406 g/mol. The van der Waals surface area contributed by atoms with E-state index in [0.29, 0.717) is 17.2 Å². The van der Waals surface area contributed by atoms with Gasteiger partial charge in [0.25, 0.3) is 0 Å². The number of fused-ring (bicyclic) bond motifs is 1. The van der Waals surface area contributed by atoms with Gasteiger partial charge in [-0.05, 0) is 55.5 Å². The van der Waals surface area contributed by atoms with Crippen molar-refractivity contribution >= 4 is 28.4 Å². The van der Waals surface area contributed by atoms with E-state index in [-0.39, 0.29) is 5.69 Å². The van der Waals surface area contributed by atoms with Crippen LogP contribution in [-0.2, 0) is 0 Å². The van der Waals surface area contributed by atoms with Crippen LogP contribution in [0.2, 0.25) is 0 Å². The lowest BCUT2D eigenvalue weighted by Crippen LogP contribution is -2.19. The number of hydrogen-bond donors (Lipinski definition) is 2. The molecule has 150 valence electrons. The lowest BCUT2D eigenvalue weighted by atomic mass is 10.2. The number of aromatic nitrogens is 2. The van der Waals surface area contributed by atoms with Gasteiger partial charge in [0.1, 0.15) is 11.5 Å². The van der Waals surface area contributed by atoms with Gasteiger partial charge in [-0.1, -0.05) is 0 Å². The number of carbonyl (C=O) groups is 1. The molecule has 0 saturated heterocycles. The second kappa shape index (κ2) is 8.12. The fourth-order valence-electron chi connectivity index (χ4n) is 2.76. The Balaban J connectivity index is 1.40. The highest BCUT2D eigenvalue weighted by Gasteiger charge is 2.07. The van der Waals surface area contributed by atoms with Crippen molar-refractivity contribution in [2.24, 2.45) is 0 Å². The van der Waals surface area contributed by atoms with Gasteiger partial charge in [-0.25, -0.2) is 18.6 Å². The minimum atomic E-state index is -1.04. The first-order chi connectivity index (χ1) is 14.5. The monoisotopic (exact) mass is 406 g/mol. The van der Waals surface area contributed by atoms with Crippen molar-refractivity contribution in [1.29, 1.82) is 0 Å². The van der Waals surface area contributed by atoms with E-state index in [4.69, 9.17) is 4.74 Å². The number of rotatable bonds is 4. The molecule has 2 N–H and O–H groups in total. The topological polar surface area (TPSA) is 76.1 Å². The van der Waals surface area contributed by atoms with Crippen LogP contribution in [0.15, 0.2) is 66.9 Å². The summed E-state index contributed by atoms with van der Waals surface area (Å²) < 4.78 is 32.0. The molecular weight excluding hydrogens is 390 g/mol. The fourth-order valence-corrected chi connectivity index (χ4v) is 2.76. The largest absolute Gasteiger partial charge is 0.457 e. The number of halogens is 2. The number of aryl methyl sites for hydroxylation is 1. The molecule has 0 radical (unpaired) electrons. The Labute approximate surface area is 170 Å². The molecule has 0 bridgehead atoms. The zero-order valence-electron chi connectivity index (χ0n) is 15.8. The first-order valence-corrected chi connectivity index (χ1v) is 9.01. The Morgan fingerprint density at radius 3 is 2.30 bits per heavy atom. The molecule has 6 nitrogen and oxygen atoms in total. The minimum absolute atomic E-state index is 0.140. The Hall–Kier alpha value is -4.07. The van der Waals surface area contributed by atoms with E-state index in [1.165, 1.54) is 6.07 Å². The van der Waals surface area contributed by atoms with E-state index < -0.39 is 17.7 Å². The van der Waals surface area contributed by atoms with Crippen molar-refractivity contribution < 1.29 is 18.3 Å². The number of urea groups is 1. The van der Waals surface area contributed by atoms with E-state index in [1.807, 2.05) is 13.0 Å². The predicted molar refractivity (Wildman–Crippen MR) is 110 cm³/mol. The van der Waals surface area contributed by atoms with Gasteiger partial charge in [-0.15, -0.1) is 0 Å². The van der Waals surface area contributed by atoms with Gasteiger partial charge in [0.15, 0.2) is 11.6 Å². The first-order valence-electron chi connectivity index (χ1n) is 9.01. The van der Waals surface area contributed by atoms with Gasteiger partial charge >= 0.3 is 6.03 Å².